The molecule has 1 saturated carbocycles. The van der Waals surface area contributed by atoms with E-state index in [0.717, 1.165) is 24.9 Å². The number of primary amides is 1. The molecule has 1 saturated heterocycles. The van der Waals surface area contributed by atoms with Crippen molar-refractivity contribution in [3.63, 3.8) is 0 Å². The third-order valence-electron chi connectivity index (χ3n) is 5.96. The van der Waals surface area contributed by atoms with Crippen LogP contribution in [0.2, 0.25) is 0 Å². The molecule has 0 radical (unpaired) electrons. The Morgan fingerprint density at radius 2 is 1.86 bits per heavy atom. The number of aromatic nitrogens is 2. The number of amides is 3. The Kier molecular flexibility index (Phi) is 9.70. The van der Waals surface area contributed by atoms with E-state index >= 15 is 0 Å². The molecule has 2 fully saturated rings. The summed E-state index contributed by atoms with van der Waals surface area (Å²) < 4.78 is 33.4. The van der Waals surface area contributed by atoms with Crippen LogP contribution in [0, 0.1) is 34.0 Å². The van der Waals surface area contributed by atoms with Gasteiger partial charge in [0.15, 0.2) is 0 Å². The van der Waals surface area contributed by atoms with Crippen LogP contribution in [0.1, 0.15) is 42.5 Å². The zero-order valence-corrected chi connectivity index (χ0v) is 20.5. The molecule has 1 aliphatic carbocycles. The number of H-pyrrole nitrogens is 1. The average Bonchev–Trinajstić information content (AvgIpc) is 3.12. The number of imidazole rings is 1. The number of nitrogens with two attached hydrogens (primary N) is 1. The summed E-state index contributed by atoms with van der Waals surface area (Å²) in [6, 6.07) is 1.18. The van der Waals surface area contributed by atoms with Gasteiger partial charge in [0, 0.05) is 33.3 Å². The van der Waals surface area contributed by atoms with Gasteiger partial charge in [0.05, 0.1) is 12.6 Å². The normalized spacial score (nSPS) is 20.6. The molecule has 198 valence electrons. The van der Waals surface area contributed by atoms with Crippen molar-refractivity contribution < 1.29 is 29.0 Å². The third kappa shape index (κ3) is 9.11. The van der Waals surface area contributed by atoms with Gasteiger partial charge in [0.2, 0.25) is 12.3 Å². The van der Waals surface area contributed by atoms with Crippen LogP contribution < -0.4 is 16.7 Å². The van der Waals surface area contributed by atoms with Crippen LogP contribution in [0.15, 0.2) is 17.2 Å². The highest BCUT2D eigenvalue weighted by Crippen LogP contribution is 2.62. The van der Waals surface area contributed by atoms with Crippen LogP contribution in [0.4, 0.5) is 13.2 Å². The summed E-state index contributed by atoms with van der Waals surface area (Å²) >= 11 is 0. The molecule has 10 nitrogen and oxygen atoms in total. The number of carbonyl (C=O) groups excluding carboxylic acids is 3. The zero-order chi connectivity index (χ0) is 27.2. The third-order valence-corrected chi connectivity index (χ3v) is 5.96. The lowest BCUT2D eigenvalue weighted by atomic mass is 9.91. The number of alkyl halides is 3. The summed E-state index contributed by atoms with van der Waals surface area (Å²) in [5.74, 6) is -0.346. The van der Waals surface area contributed by atoms with Crippen LogP contribution in [-0.2, 0) is 20.9 Å². The highest BCUT2D eigenvalue weighted by atomic mass is 19.4. The fourth-order valence-electron chi connectivity index (χ4n) is 3.80. The Morgan fingerprint density at radius 1 is 1.34 bits per heavy atom. The van der Waals surface area contributed by atoms with E-state index in [0.29, 0.717) is 24.2 Å². The van der Waals surface area contributed by atoms with Gasteiger partial charge in [-0.1, -0.05) is 34.6 Å². The molecular formula is C22H35F3N6O4. The Bertz CT molecular complexity index is 979. The van der Waals surface area contributed by atoms with Gasteiger partial charge in [0.1, 0.15) is 6.04 Å². The first kappa shape index (κ1) is 29.7. The van der Waals surface area contributed by atoms with E-state index in [1.807, 2.05) is 6.07 Å². The largest absolute Gasteiger partial charge is 0.470 e. The lowest BCUT2D eigenvalue weighted by Gasteiger charge is -2.26. The lowest BCUT2D eigenvalue weighted by molar-refractivity contribution is -0.169. The van der Waals surface area contributed by atoms with Gasteiger partial charge in [0.25, 0.3) is 0 Å². The van der Waals surface area contributed by atoms with Crippen molar-refractivity contribution in [3.8, 4) is 6.07 Å². The molecule has 0 aromatic carbocycles. The van der Waals surface area contributed by atoms with Gasteiger partial charge >= 0.3 is 17.8 Å². The van der Waals surface area contributed by atoms with Gasteiger partial charge in [-0.15, -0.1) is 0 Å². The summed E-state index contributed by atoms with van der Waals surface area (Å²) in [4.78, 5) is 46.6. The number of aromatic amines is 1. The first-order valence-electron chi connectivity index (χ1n) is 10.9. The molecular weight excluding hydrogens is 469 g/mol. The predicted octanol–water partition coefficient (Wildman–Crippen LogP) is 1.63. The van der Waals surface area contributed by atoms with Gasteiger partial charge in [-0.05, 0) is 22.7 Å². The Hall–Kier alpha value is -3.30. The maximum atomic E-state index is 12.0. The fourth-order valence-corrected chi connectivity index (χ4v) is 3.80. The van der Waals surface area contributed by atoms with Crippen molar-refractivity contribution in [1.82, 2.24) is 19.8 Å². The molecule has 2 aliphatic rings. The maximum Gasteiger partial charge on any atom is 0.470 e. The van der Waals surface area contributed by atoms with Gasteiger partial charge in [-0.2, -0.15) is 18.4 Å². The summed E-state index contributed by atoms with van der Waals surface area (Å²) in [6.45, 7) is 13.2. The Labute approximate surface area is 203 Å². The van der Waals surface area contributed by atoms with E-state index in [9.17, 15) is 27.6 Å². The highest BCUT2D eigenvalue weighted by Gasteiger charge is 2.62. The smallest absolute Gasteiger partial charge is 0.362 e. The fraction of sp³-hybridized carbons (Fsp3) is 0.682. The van der Waals surface area contributed by atoms with E-state index in [-0.39, 0.29) is 19.1 Å². The minimum atomic E-state index is -4.86. The van der Waals surface area contributed by atoms with Crippen molar-refractivity contribution in [2.24, 2.45) is 28.4 Å². The molecule has 3 amide bonds. The quantitative estimate of drug-likeness (QED) is 0.520. The number of fused-ring (bicyclic) bond motifs is 1. The number of hydrogen-bond acceptors (Lipinski definition) is 5. The molecule has 4 N–H and O–H groups in total. The molecule has 0 spiro atoms. The molecule has 1 aromatic heterocycles. The van der Waals surface area contributed by atoms with Crippen LogP contribution in [-0.4, -0.2) is 58.0 Å². The van der Waals surface area contributed by atoms with Crippen LogP contribution in [0.3, 0.4) is 0 Å². The van der Waals surface area contributed by atoms with Gasteiger partial charge in [-0.3, -0.25) is 19.0 Å². The van der Waals surface area contributed by atoms with E-state index in [1.165, 1.54) is 17.0 Å². The second-order valence-electron chi connectivity index (χ2n) is 10.3. The lowest BCUT2D eigenvalue weighted by Crippen LogP contribution is -2.35. The standard InChI is InChI=1S/C13H23NO.C7H8N4O2.C2H2F3NO.H2/c1-12(2,3)6-11(15)14-7-9-10(8-14)13(9,4)5;8-3-6(10-5-12)4-11-2-1-9-7(11)13;3-2(4,5)1(6)7;/h9-10H,6-8H2,1-5H3;1-2,5-6H,4H2,(H,9,13)(H,10,12);(H2,6,7);1H/t9-,10?;6-;;/m01../s1. The monoisotopic (exact) mass is 504 g/mol. The number of nitriles is 1. The molecule has 1 aliphatic heterocycles. The number of nitrogens with zero attached hydrogens (tertiary/aromatic N) is 3. The van der Waals surface area contributed by atoms with Crippen LogP contribution in [0.5, 0.6) is 0 Å². The Balaban J connectivity index is 0.000000537. The van der Waals surface area contributed by atoms with Crippen LogP contribution >= 0.6 is 0 Å². The number of hydrogen-bond donors (Lipinski definition) is 3. The topological polar surface area (TPSA) is 154 Å². The molecule has 0 bridgehead atoms. The summed E-state index contributed by atoms with van der Waals surface area (Å²) in [7, 11) is 0. The maximum absolute atomic E-state index is 12.0. The number of halogens is 3. The van der Waals surface area contributed by atoms with Gasteiger partial charge in [-0.25, -0.2) is 4.79 Å². The molecule has 3 rings (SSSR count). The first-order chi connectivity index (χ1) is 15.9. The van der Waals surface area contributed by atoms with E-state index < -0.39 is 18.1 Å². The number of nitrogens with one attached hydrogen (secondary N) is 2. The van der Waals surface area contributed by atoms with Crippen molar-refractivity contribution in [1.29, 1.82) is 5.26 Å². The number of piperidine rings is 1. The second-order valence-corrected chi connectivity index (χ2v) is 10.3. The van der Waals surface area contributed by atoms with E-state index in [4.69, 9.17) is 10.1 Å². The highest BCUT2D eigenvalue weighted by molar-refractivity contribution is 5.79. The van der Waals surface area contributed by atoms with E-state index in [2.05, 4.69) is 55.6 Å². The summed E-state index contributed by atoms with van der Waals surface area (Å²) in [5, 5.41) is 10.8. The number of carbonyl (C=O) groups is 3. The first-order valence-corrected chi connectivity index (χ1v) is 10.9. The SMILES string of the molecule is CC(C)(C)CC(=O)N1CC2[C@H](C1)C2(C)C.N#C[C@H](Cn1cc[nH]c1=O)NC=O.NC(=O)C(F)(F)F.[HH]. The number of likely N-dealkylation sites (tertiary alicyclic amines) is 1. The zero-order valence-electron chi connectivity index (χ0n) is 20.5. The van der Waals surface area contributed by atoms with Crippen molar-refractivity contribution in [2.75, 3.05) is 13.1 Å². The molecule has 1 unspecified atom stereocenters. The van der Waals surface area contributed by atoms with Crippen molar-refractivity contribution in [3.05, 3.63) is 22.9 Å². The van der Waals surface area contributed by atoms with Crippen LogP contribution in [0.25, 0.3) is 0 Å². The summed E-state index contributed by atoms with van der Waals surface area (Å²) in [5.41, 5.74) is 4.14. The van der Waals surface area contributed by atoms with E-state index in [1.54, 1.807) is 0 Å². The number of rotatable bonds is 5. The Morgan fingerprint density at radius 3 is 2.20 bits per heavy atom. The molecule has 1 aromatic rings. The average molecular weight is 505 g/mol. The molecule has 35 heavy (non-hydrogen) atoms. The van der Waals surface area contributed by atoms with Crippen molar-refractivity contribution >= 4 is 18.2 Å². The molecule has 3 atom stereocenters. The minimum Gasteiger partial charge on any atom is -0.362 e. The summed E-state index contributed by atoms with van der Waals surface area (Å²) in [6.07, 6.45) is -0.755. The van der Waals surface area contributed by atoms with Crippen molar-refractivity contribution in [2.45, 2.75) is 59.8 Å². The minimum absolute atomic E-state index is 0. The molecule has 13 heteroatoms. The predicted molar refractivity (Wildman–Crippen MR) is 122 cm³/mol. The second kappa shape index (κ2) is 11.4. The van der Waals surface area contributed by atoms with Gasteiger partial charge < -0.3 is 20.9 Å². The molecule has 2 heterocycles.